The van der Waals surface area contributed by atoms with Crippen molar-refractivity contribution >= 4 is 33.4 Å². The molecule has 0 heterocycles. The Bertz CT molecular complexity index is 847. The van der Waals surface area contributed by atoms with Crippen LogP contribution in [-0.2, 0) is 9.53 Å². The second-order valence-corrected chi connectivity index (χ2v) is 7.07. The number of carbonyl (C=O) groups excluding carboxylic acids is 2. The molecule has 0 bridgehead atoms. The maximum absolute atomic E-state index is 13.2. The number of ether oxygens (including phenoxy) is 2. The molecule has 1 unspecified atom stereocenters. The van der Waals surface area contributed by atoms with Gasteiger partial charge in [-0.15, -0.1) is 0 Å². The fraction of sp³-hybridized carbons (Fsp3) is 0.333. The molecule has 0 aromatic heterocycles. The first-order valence-corrected chi connectivity index (χ1v) is 10.1. The van der Waals surface area contributed by atoms with Crippen molar-refractivity contribution < 1.29 is 23.5 Å². The van der Waals surface area contributed by atoms with Crippen LogP contribution in [0.3, 0.4) is 0 Å². The van der Waals surface area contributed by atoms with Gasteiger partial charge in [-0.1, -0.05) is 6.07 Å². The van der Waals surface area contributed by atoms with Gasteiger partial charge in [-0.05, 0) is 72.6 Å². The second kappa shape index (κ2) is 11.5. The second-order valence-electron chi connectivity index (χ2n) is 6.21. The molecular weight excluding hydrogens is 443 g/mol. The van der Waals surface area contributed by atoms with Crippen molar-refractivity contribution in [2.45, 2.75) is 26.4 Å². The fourth-order valence-corrected chi connectivity index (χ4v) is 2.86. The van der Waals surface area contributed by atoms with Crippen molar-refractivity contribution in [1.82, 2.24) is 5.32 Å². The quantitative estimate of drug-likeness (QED) is 0.515. The molecule has 0 aliphatic heterocycles. The van der Waals surface area contributed by atoms with Crippen molar-refractivity contribution in [3.63, 3.8) is 0 Å². The van der Waals surface area contributed by atoms with Gasteiger partial charge in [-0.2, -0.15) is 0 Å². The van der Waals surface area contributed by atoms with Crippen LogP contribution >= 0.6 is 15.9 Å². The van der Waals surface area contributed by atoms with Crippen LogP contribution in [0.25, 0.3) is 0 Å². The third kappa shape index (κ3) is 7.47. The summed E-state index contributed by atoms with van der Waals surface area (Å²) in [6.07, 6.45) is -0.100. The third-order valence-electron chi connectivity index (χ3n) is 3.91. The maximum atomic E-state index is 13.2. The van der Waals surface area contributed by atoms with Gasteiger partial charge in [-0.3, -0.25) is 9.59 Å². The monoisotopic (exact) mass is 466 g/mol. The van der Waals surface area contributed by atoms with Crippen LogP contribution in [-0.4, -0.2) is 37.7 Å². The van der Waals surface area contributed by atoms with Gasteiger partial charge in [0.15, 0.2) is 6.10 Å². The summed E-state index contributed by atoms with van der Waals surface area (Å²) in [6.45, 7) is 5.25. The predicted molar refractivity (Wildman–Crippen MR) is 113 cm³/mol. The van der Waals surface area contributed by atoms with Crippen LogP contribution < -0.4 is 15.4 Å². The standard InChI is InChI=1S/C21H24BrFN2O4/c1-3-28-11-5-10-24-21(27)15-6-4-7-17(12-15)25-20(26)14(2)29-19-9-8-16(23)13-18(19)22/h4,6-9,12-14H,3,5,10-11H2,1-2H3,(H,24,27)(H,25,26). The molecular formula is C21H24BrFN2O4. The smallest absolute Gasteiger partial charge is 0.265 e. The molecule has 1 atom stereocenters. The Morgan fingerprint density at radius 3 is 2.72 bits per heavy atom. The highest BCUT2D eigenvalue weighted by molar-refractivity contribution is 9.10. The average molecular weight is 467 g/mol. The van der Waals surface area contributed by atoms with Crippen molar-refractivity contribution in [2.24, 2.45) is 0 Å². The van der Waals surface area contributed by atoms with Crippen LogP contribution in [0, 0.1) is 5.82 Å². The number of hydrogen-bond donors (Lipinski definition) is 2. The van der Waals surface area contributed by atoms with Gasteiger partial charge in [0.25, 0.3) is 11.8 Å². The molecule has 2 aromatic rings. The van der Waals surface area contributed by atoms with Gasteiger partial charge in [0.05, 0.1) is 4.47 Å². The number of hydrogen-bond acceptors (Lipinski definition) is 4. The van der Waals surface area contributed by atoms with E-state index < -0.39 is 17.8 Å². The average Bonchev–Trinajstić information content (AvgIpc) is 2.70. The molecule has 0 saturated carbocycles. The molecule has 0 saturated heterocycles. The Morgan fingerprint density at radius 2 is 2.00 bits per heavy atom. The Labute approximate surface area is 177 Å². The summed E-state index contributed by atoms with van der Waals surface area (Å²) in [7, 11) is 0. The number of rotatable bonds is 10. The molecule has 2 amide bonds. The fourth-order valence-electron chi connectivity index (χ4n) is 2.42. The third-order valence-corrected chi connectivity index (χ3v) is 4.53. The van der Waals surface area contributed by atoms with Crippen LogP contribution in [0.1, 0.15) is 30.6 Å². The zero-order chi connectivity index (χ0) is 21.2. The topological polar surface area (TPSA) is 76.7 Å². The molecule has 156 valence electrons. The van der Waals surface area contributed by atoms with E-state index in [0.717, 1.165) is 6.42 Å². The predicted octanol–water partition coefficient (Wildman–Crippen LogP) is 4.15. The van der Waals surface area contributed by atoms with E-state index in [9.17, 15) is 14.0 Å². The summed E-state index contributed by atoms with van der Waals surface area (Å²) < 4.78 is 24.4. The molecule has 6 nitrogen and oxygen atoms in total. The number of halogens is 2. The molecule has 2 aromatic carbocycles. The lowest BCUT2D eigenvalue weighted by atomic mass is 10.2. The van der Waals surface area contributed by atoms with Crippen LogP contribution in [0.5, 0.6) is 5.75 Å². The summed E-state index contributed by atoms with van der Waals surface area (Å²) >= 11 is 3.20. The van der Waals surface area contributed by atoms with Crippen molar-refractivity contribution in [3.8, 4) is 5.75 Å². The van der Waals surface area contributed by atoms with Crippen molar-refractivity contribution in [3.05, 3.63) is 58.3 Å². The molecule has 0 aliphatic rings. The summed E-state index contributed by atoms with van der Waals surface area (Å²) in [5.41, 5.74) is 0.916. The lowest BCUT2D eigenvalue weighted by Gasteiger charge is -2.16. The molecule has 0 spiro atoms. The van der Waals surface area contributed by atoms with Gasteiger partial charge in [0.1, 0.15) is 11.6 Å². The summed E-state index contributed by atoms with van der Waals surface area (Å²) in [5, 5.41) is 5.53. The highest BCUT2D eigenvalue weighted by Crippen LogP contribution is 2.26. The minimum atomic E-state index is -0.826. The van der Waals surface area contributed by atoms with Gasteiger partial charge in [0.2, 0.25) is 0 Å². The number of nitrogens with one attached hydrogen (secondary N) is 2. The van der Waals surface area contributed by atoms with Gasteiger partial charge < -0.3 is 20.1 Å². The Kier molecular flexibility index (Phi) is 9.08. The van der Waals surface area contributed by atoms with Crippen LogP contribution in [0.15, 0.2) is 46.9 Å². The number of amides is 2. The van der Waals surface area contributed by atoms with Gasteiger partial charge in [-0.25, -0.2) is 4.39 Å². The van der Waals surface area contributed by atoms with E-state index in [-0.39, 0.29) is 5.91 Å². The van der Waals surface area contributed by atoms with Crippen molar-refractivity contribution in [2.75, 3.05) is 25.1 Å². The number of carbonyl (C=O) groups is 2. The Hall–Kier alpha value is -2.45. The van der Waals surface area contributed by atoms with E-state index in [0.29, 0.717) is 41.2 Å². The Morgan fingerprint density at radius 1 is 1.21 bits per heavy atom. The van der Waals surface area contributed by atoms with Crippen LogP contribution in [0.2, 0.25) is 0 Å². The first-order chi connectivity index (χ1) is 13.9. The summed E-state index contributed by atoms with van der Waals surface area (Å²) in [6, 6.07) is 10.6. The largest absolute Gasteiger partial charge is 0.480 e. The first-order valence-electron chi connectivity index (χ1n) is 9.29. The molecule has 2 N–H and O–H groups in total. The van der Waals surface area contributed by atoms with Gasteiger partial charge in [0, 0.05) is 31.0 Å². The van der Waals surface area contributed by atoms with E-state index in [1.807, 2.05) is 6.92 Å². The normalized spacial score (nSPS) is 11.6. The number of benzene rings is 2. The van der Waals surface area contributed by atoms with Crippen molar-refractivity contribution in [1.29, 1.82) is 0 Å². The van der Waals surface area contributed by atoms with E-state index in [1.54, 1.807) is 31.2 Å². The van der Waals surface area contributed by atoms with E-state index in [1.165, 1.54) is 18.2 Å². The van der Waals surface area contributed by atoms with E-state index in [4.69, 9.17) is 9.47 Å². The molecule has 0 aliphatic carbocycles. The SMILES string of the molecule is CCOCCCNC(=O)c1cccc(NC(=O)C(C)Oc2ccc(F)cc2Br)c1. The summed E-state index contributed by atoms with van der Waals surface area (Å²) in [5.74, 6) is -0.670. The lowest BCUT2D eigenvalue weighted by molar-refractivity contribution is -0.122. The molecule has 0 fully saturated rings. The van der Waals surface area contributed by atoms with Gasteiger partial charge >= 0.3 is 0 Å². The minimum Gasteiger partial charge on any atom is -0.480 e. The highest BCUT2D eigenvalue weighted by atomic mass is 79.9. The zero-order valence-corrected chi connectivity index (χ0v) is 17.9. The highest BCUT2D eigenvalue weighted by Gasteiger charge is 2.17. The van der Waals surface area contributed by atoms with Crippen LogP contribution in [0.4, 0.5) is 10.1 Å². The zero-order valence-electron chi connectivity index (χ0n) is 16.3. The number of anilines is 1. The van der Waals surface area contributed by atoms with E-state index >= 15 is 0 Å². The maximum Gasteiger partial charge on any atom is 0.265 e. The molecule has 8 heteroatoms. The molecule has 0 radical (unpaired) electrons. The lowest BCUT2D eigenvalue weighted by Crippen LogP contribution is -2.30. The first kappa shape index (κ1) is 22.8. The van der Waals surface area contributed by atoms with E-state index in [2.05, 4.69) is 26.6 Å². The molecule has 29 heavy (non-hydrogen) atoms. The summed E-state index contributed by atoms with van der Waals surface area (Å²) in [4.78, 5) is 24.6. The minimum absolute atomic E-state index is 0.225. The molecule has 2 rings (SSSR count). The Balaban J connectivity index is 1.91.